The molecule has 96 valence electrons. The van der Waals surface area contributed by atoms with Crippen molar-refractivity contribution in [1.82, 2.24) is 15.1 Å². The molecule has 1 unspecified atom stereocenters. The first-order chi connectivity index (χ1) is 7.63. The smallest absolute Gasteiger partial charge is 0.0221 e. The standard InChI is InChI=1S/C13H29N3/c1-5-6-13(11-14-12(2)3)16-9-7-15(4)8-10-16/h12-14H,5-11H2,1-4H3. The largest absolute Gasteiger partial charge is 0.313 e. The van der Waals surface area contributed by atoms with Crippen LogP contribution in [0.5, 0.6) is 0 Å². The summed E-state index contributed by atoms with van der Waals surface area (Å²) >= 11 is 0. The zero-order valence-corrected chi connectivity index (χ0v) is 11.5. The molecule has 1 aliphatic rings. The number of nitrogens with zero attached hydrogens (tertiary/aromatic N) is 2. The Balaban J connectivity index is 2.36. The van der Waals surface area contributed by atoms with Gasteiger partial charge in [0.2, 0.25) is 0 Å². The van der Waals surface area contributed by atoms with Gasteiger partial charge in [0.05, 0.1) is 0 Å². The minimum Gasteiger partial charge on any atom is -0.313 e. The van der Waals surface area contributed by atoms with Crippen LogP contribution in [0.3, 0.4) is 0 Å². The van der Waals surface area contributed by atoms with E-state index in [0.29, 0.717) is 6.04 Å². The maximum absolute atomic E-state index is 3.58. The van der Waals surface area contributed by atoms with Gasteiger partial charge < -0.3 is 10.2 Å². The van der Waals surface area contributed by atoms with E-state index in [-0.39, 0.29) is 0 Å². The molecule has 0 bridgehead atoms. The van der Waals surface area contributed by atoms with Crippen LogP contribution in [0.15, 0.2) is 0 Å². The van der Waals surface area contributed by atoms with Gasteiger partial charge in [-0.15, -0.1) is 0 Å². The third kappa shape index (κ3) is 4.81. The number of nitrogens with one attached hydrogen (secondary N) is 1. The Labute approximate surface area is 101 Å². The molecule has 1 N–H and O–H groups in total. The van der Waals surface area contributed by atoms with Gasteiger partial charge in [-0.2, -0.15) is 0 Å². The van der Waals surface area contributed by atoms with Crippen LogP contribution in [0.2, 0.25) is 0 Å². The second-order valence-corrected chi connectivity index (χ2v) is 5.34. The Kier molecular flexibility index (Phi) is 6.32. The van der Waals surface area contributed by atoms with Crippen molar-refractivity contribution in [1.29, 1.82) is 0 Å². The molecule has 0 aliphatic carbocycles. The van der Waals surface area contributed by atoms with E-state index in [0.717, 1.165) is 12.6 Å². The minimum atomic E-state index is 0.604. The molecule has 3 nitrogen and oxygen atoms in total. The quantitative estimate of drug-likeness (QED) is 0.740. The molecule has 0 aromatic rings. The molecule has 0 radical (unpaired) electrons. The van der Waals surface area contributed by atoms with Crippen LogP contribution in [-0.4, -0.2) is 61.7 Å². The molecular weight excluding hydrogens is 198 g/mol. The molecule has 1 fully saturated rings. The molecule has 0 saturated carbocycles. The predicted octanol–water partition coefficient (Wildman–Crippen LogP) is 1.40. The Hall–Kier alpha value is -0.120. The molecule has 1 rings (SSSR count). The van der Waals surface area contributed by atoms with Crippen LogP contribution in [0, 0.1) is 0 Å². The summed E-state index contributed by atoms with van der Waals surface area (Å²) < 4.78 is 0. The van der Waals surface area contributed by atoms with Gasteiger partial charge in [0.15, 0.2) is 0 Å². The zero-order valence-electron chi connectivity index (χ0n) is 11.5. The number of hydrogen-bond donors (Lipinski definition) is 1. The van der Waals surface area contributed by atoms with Crippen molar-refractivity contribution in [2.45, 2.75) is 45.7 Å². The van der Waals surface area contributed by atoms with E-state index >= 15 is 0 Å². The van der Waals surface area contributed by atoms with Crippen LogP contribution in [0.25, 0.3) is 0 Å². The lowest BCUT2D eigenvalue weighted by molar-refractivity contribution is 0.104. The number of likely N-dealkylation sites (N-methyl/N-ethyl adjacent to an activating group) is 1. The van der Waals surface area contributed by atoms with Crippen LogP contribution in [0.1, 0.15) is 33.6 Å². The molecule has 0 amide bonds. The molecule has 0 aromatic carbocycles. The van der Waals surface area contributed by atoms with Crippen LogP contribution in [-0.2, 0) is 0 Å². The van der Waals surface area contributed by atoms with E-state index in [2.05, 4.69) is 42.9 Å². The lowest BCUT2D eigenvalue weighted by Crippen LogP contribution is -2.52. The summed E-state index contributed by atoms with van der Waals surface area (Å²) in [4.78, 5) is 5.09. The normalized spacial score (nSPS) is 21.6. The number of hydrogen-bond acceptors (Lipinski definition) is 3. The Morgan fingerprint density at radius 2 is 1.75 bits per heavy atom. The lowest BCUT2D eigenvalue weighted by Gasteiger charge is -2.38. The van der Waals surface area contributed by atoms with Crippen molar-refractivity contribution in [3.8, 4) is 0 Å². The van der Waals surface area contributed by atoms with E-state index in [1.54, 1.807) is 0 Å². The second kappa shape index (κ2) is 7.25. The number of piperazine rings is 1. The Morgan fingerprint density at radius 3 is 2.25 bits per heavy atom. The Bertz CT molecular complexity index is 174. The van der Waals surface area contributed by atoms with E-state index in [1.807, 2.05) is 0 Å². The minimum absolute atomic E-state index is 0.604. The van der Waals surface area contributed by atoms with Gasteiger partial charge in [0.25, 0.3) is 0 Å². The molecule has 3 heteroatoms. The van der Waals surface area contributed by atoms with Crippen molar-refractivity contribution in [2.24, 2.45) is 0 Å². The van der Waals surface area contributed by atoms with E-state index in [1.165, 1.54) is 39.0 Å². The zero-order chi connectivity index (χ0) is 12.0. The van der Waals surface area contributed by atoms with Crippen molar-refractivity contribution in [3.05, 3.63) is 0 Å². The van der Waals surface area contributed by atoms with Gasteiger partial charge in [-0.1, -0.05) is 27.2 Å². The second-order valence-electron chi connectivity index (χ2n) is 5.34. The van der Waals surface area contributed by atoms with Gasteiger partial charge in [0.1, 0.15) is 0 Å². The summed E-state index contributed by atoms with van der Waals surface area (Å²) in [6, 6.07) is 1.34. The first-order valence-electron chi connectivity index (χ1n) is 6.79. The summed E-state index contributed by atoms with van der Waals surface area (Å²) in [6.07, 6.45) is 2.61. The monoisotopic (exact) mass is 227 g/mol. The van der Waals surface area contributed by atoms with Crippen LogP contribution in [0.4, 0.5) is 0 Å². The van der Waals surface area contributed by atoms with E-state index in [9.17, 15) is 0 Å². The van der Waals surface area contributed by atoms with Crippen molar-refractivity contribution in [2.75, 3.05) is 39.8 Å². The summed E-state index contributed by atoms with van der Waals surface area (Å²) in [5, 5.41) is 3.58. The van der Waals surface area contributed by atoms with Gasteiger partial charge in [-0.3, -0.25) is 4.90 Å². The fraction of sp³-hybridized carbons (Fsp3) is 1.00. The molecular formula is C13H29N3. The number of rotatable bonds is 6. The van der Waals surface area contributed by atoms with Gasteiger partial charge >= 0.3 is 0 Å². The predicted molar refractivity (Wildman–Crippen MR) is 70.9 cm³/mol. The highest BCUT2D eigenvalue weighted by atomic mass is 15.3. The molecule has 1 atom stereocenters. The lowest BCUT2D eigenvalue weighted by atomic mass is 10.1. The fourth-order valence-electron chi connectivity index (χ4n) is 2.31. The molecule has 1 saturated heterocycles. The molecule has 0 aromatic heterocycles. The van der Waals surface area contributed by atoms with Gasteiger partial charge in [0, 0.05) is 44.8 Å². The average molecular weight is 227 g/mol. The highest BCUT2D eigenvalue weighted by Gasteiger charge is 2.21. The van der Waals surface area contributed by atoms with Gasteiger partial charge in [-0.25, -0.2) is 0 Å². The maximum Gasteiger partial charge on any atom is 0.0221 e. The fourth-order valence-corrected chi connectivity index (χ4v) is 2.31. The Morgan fingerprint density at radius 1 is 1.12 bits per heavy atom. The maximum atomic E-state index is 3.58. The molecule has 1 aliphatic heterocycles. The summed E-state index contributed by atoms with van der Waals surface area (Å²) in [6.45, 7) is 12.8. The highest BCUT2D eigenvalue weighted by Crippen LogP contribution is 2.10. The molecule has 0 spiro atoms. The summed E-state index contributed by atoms with van der Waals surface area (Å²) in [5.41, 5.74) is 0. The average Bonchev–Trinajstić information content (AvgIpc) is 2.25. The third-order valence-corrected chi connectivity index (χ3v) is 3.44. The summed E-state index contributed by atoms with van der Waals surface area (Å²) in [5.74, 6) is 0. The highest BCUT2D eigenvalue weighted by molar-refractivity contribution is 4.79. The van der Waals surface area contributed by atoms with Crippen molar-refractivity contribution >= 4 is 0 Å². The van der Waals surface area contributed by atoms with E-state index < -0.39 is 0 Å². The van der Waals surface area contributed by atoms with E-state index in [4.69, 9.17) is 0 Å². The summed E-state index contributed by atoms with van der Waals surface area (Å²) in [7, 11) is 2.22. The van der Waals surface area contributed by atoms with Crippen LogP contribution < -0.4 is 5.32 Å². The molecule has 1 heterocycles. The van der Waals surface area contributed by atoms with Crippen LogP contribution >= 0.6 is 0 Å². The van der Waals surface area contributed by atoms with Crippen molar-refractivity contribution in [3.63, 3.8) is 0 Å². The van der Waals surface area contributed by atoms with Gasteiger partial charge in [-0.05, 0) is 13.5 Å². The third-order valence-electron chi connectivity index (χ3n) is 3.44. The first kappa shape index (κ1) is 13.9. The SMILES string of the molecule is CCCC(CNC(C)C)N1CCN(C)CC1. The molecule has 16 heavy (non-hydrogen) atoms. The topological polar surface area (TPSA) is 18.5 Å². The van der Waals surface area contributed by atoms with Crippen molar-refractivity contribution < 1.29 is 0 Å². The first-order valence-corrected chi connectivity index (χ1v) is 6.79.